The Hall–Kier alpha value is -3.19. The first-order valence-electron chi connectivity index (χ1n) is 8.43. The summed E-state index contributed by atoms with van der Waals surface area (Å²) in [7, 11) is -3.33. The van der Waals surface area contributed by atoms with Gasteiger partial charge in [0.25, 0.3) is 0 Å². The second-order valence-corrected chi connectivity index (χ2v) is 8.23. The molecule has 0 aliphatic heterocycles. The van der Waals surface area contributed by atoms with Gasteiger partial charge in [-0.3, -0.25) is 4.57 Å². The molecule has 0 aliphatic rings. The lowest BCUT2D eigenvalue weighted by molar-refractivity contribution is 0.601. The van der Waals surface area contributed by atoms with E-state index < -0.39 is 9.84 Å². The van der Waals surface area contributed by atoms with Crippen molar-refractivity contribution < 1.29 is 8.42 Å². The lowest BCUT2D eigenvalue weighted by Crippen LogP contribution is -2.08. The summed E-state index contributed by atoms with van der Waals surface area (Å²) in [4.78, 5) is 8.76. The standard InChI is InChI=1S/C20H18N4O2S/c1-27(25,26)19-7-4-12-21-20(19)22-13-15-8-10-16(11-9-15)24-14-23-17-5-2-3-6-18(17)24/h2-12,14H,13H2,1H3,(H,21,22). The quantitative estimate of drug-likeness (QED) is 0.576. The highest BCUT2D eigenvalue weighted by Gasteiger charge is 2.13. The maximum atomic E-state index is 11.9. The molecule has 136 valence electrons. The third-order valence-corrected chi connectivity index (χ3v) is 5.43. The largest absolute Gasteiger partial charge is 0.365 e. The van der Waals surface area contributed by atoms with Gasteiger partial charge in [0, 0.05) is 24.7 Å². The Morgan fingerprint density at radius 2 is 1.74 bits per heavy atom. The van der Waals surface area contributed by atoms with E-state index in [1.165, 1.54) is 6.26 Å². The number of pyridine rings is 1. The summed E-state index contributed by atoms with van der Waals surface area (Å²) in [5, 5.41) is 3.11. The van der Waals surface area contributed by atoms with Crippen LogP contribution in [0.3, 0.4) is 0 Å². The second kappa shape index (κ2) is 6.85. The number of benzene rings is 2. The van der Waals surface area contributed by atoms with Crippen molar-refractivity contribution in [3.05, 3.63) is 78.8 Å². The molecule has 4 rings (SSSR count). The van der Waals surface area contributed by atoms with Gasteiger partial charge in [-0.05, 0) is 42.0 Å². The number of aromatic nitrogens is 3. The normalized spacial score (nSPS) is 11.6. The van der Waals surface area contributed by atoms with Crippen LogP contribution >= 0.6 is 0 Å². The molecule has 6 nitrogen and oxygen atoms in total. The number of nitrogens with zero attached hydrogens (tertiary/aromatic N) is 3. The number of sulfone groups is 1. The van der Waals surface area contributed by atoms with Gasteiger partial charge in [-0.15, -0.1) is 0 Å². The average molecular weight is 378 g/mol. The molecule has 0 spiro atoms. The molecule has 0 aliphatic carbocycles. The maximum Gasteiger partial charge on any atom is 0.179 e. The van der Waals surface area contributed by atoms with Crippen molar-refractivity contribution in [3.63, 3.8) is 0 Å². The molecule has 0 unspecified atom stereocenters. The Balaban J connectivity index is 1.54. The summed E-state index contributed by atoms with van der Waals surface area (Å²) < 4.78 is 25.8. The molecule has 2 aromatic carbocycles. The van der Waals surface area contributed by atoms with E-state index in [1.54, 1.807) is 18.3 Å². The number of rotatable bonds is 5. The van der Waals surface area contributed by atoms with E-state index in [0.717, 1.165) is 22.3 Å². The van der Waals surface area contributed by atoms with Crippen molar-refractivity contribution in [2.24, 2.45) is 0 Å². The van der Waals surface area contributed by atoms with Gasteiger partial charge in [-0.2, -0.15) is 0 Å². The predicted octanol–water partition coefficient (Wildman–Crippen LogP) is 3.44. The van der Waals surface area contributed by atoms with Crippen molar-refractivity contribution in [1.29, 1.82) is 0 Å². The zero-order valence-corrected chi connectivity index (χ0v) is 15.5. The average Bonchev–Trinajstić information content (AvgIpc) is 3.10. The zero-order chi connectivity index (χ0) is 18.9. The molecule has 0 radical (unpaired) electrons. The number of fused-ring (bicyclic) bond motifs is 1. The first-order chi connectivity index (χ1) is 13.0. The zero-order valence-electron chi connectivity index (χ0n) is 14.7. The molecule has 0 saturated carbocycles. The summed E-state index contributed by atoms with van der Waals surface area (Å²) in [5.74, 6) is 0.365. The Kier molecular flexibility index (Phi) is 4.37. The van der Waals surface area contributed by atoms with Crippen molar-refractivity contribution in [3.8, 4) is 5.69 Å². The molecule has 7 heteroatoms. The Morgan fingerprint density at radius 3 is 2.52 bits per heavy atom. The monoisotopic (exact) mass is 378 g/mol. The van der Waals surface area contributed by atoms with Crippen molar-refractivity contribution >= 4 is 26.7 Å². The molecule has 2 aromatic heterocycles. The number of para-hydroxylation sites is 2. The topological polar surface area (TPSA) is 76.9 Å². The van der Waals surface area contributed by atoms with E-state index in [4.69, 9.17) is 0 Å². The first kappa shape index (κ1) is 17.2. The van der Waals surface area contributed by atoms with Crippen LogP contribution in [-0.2, 0) is 16.4 Å². The first-order valence-corrected chi connectivity index (χ1v) is 10.3. The van der Waals surface area contributed by atoms with E-state index >= 15 is 0 Å². The van der Waals surface area contributed by atoms with E-state index in [9.17, 15) is 8.42 Å². The van der Waals surface area contributed by atoms with Crippen molar-refractivity contribution in [2.45, 2.75) is 11.4 Å². The number of anilines is 1. The fourth-order valence-corrected chi connectivity index (χ4v) is 3.75. The van der Waals surface area contributed by atoms with Gasteiger partial charge in [-0.25, -0.2) is 18.4 Å². The minimum Gasteiger partial charge on any atom is -0.365 e. The number of nitrogens with one attached hydrogen (secondary N) is 1. The van der Waals surface area contributed by atoms with E-state index in [0.29, 0.717) is 12.4 Å². The minimum absolute atomic E-state index is 0.200. The van der Waals surface area contributed by atoms with Gasteiger partial charge < -0.3 is 5.32 Å². The molecule has 27 heavy (non-hydrogen) atoms. The van der Waals surface area contributed by atoms with Gasteiger partial charge in [0.2, 0.25) is 0 Å². The van der Waals surface area contributed by atoms with Gasteiger partial charge >= 0.3 is 0 Å². The maximum absolute atomic E-state index is 11.9. The number of imidazole rings is 1. The summed E-state index contributed by atoms with van der Waals surface area (Å²) in [6.07, 6.45) is 4.56. The highest BCUT2D eigenvalue weighted by atomic mass is 32.2. The van der Waals surface area contributed by atoms with Crippen molar-refractivity contribution in [2.75, 3.05) is 11.6 Å². The lowest BCUT2D eigenvalue weighted by Gasteiger charge is -2.10. The predicted molar refractivity (Wildman–Crippen MR) is 106 cm³/mol. The van der Waals surface area contributed by atoms with Crippen LogP contribution in [0, 0.1) is 0 Å². The highest BCUT2D eigenvalue weighted by Crippen LogP contribution is 2.20. The molecule has 0 saturated heterocycles. The highest BCUT2D eigenvalue weighted by molar-refractivity contribution is 7.90. The summed E-state index contributed by atoms with van der Waals surface area (Å²) in [6, 6.07) is 19.2. The van der Waals surface area contributed by atoms with Crippen LogP contribution in [-0.4, -0.2) is 29.2 Å². The molecule has 0 atom stereocenters. The minimum atomic E-state index is -3.33. The Bertz CT molecular complexity index is 1200. The van der Waals surface area contributed by atoms with Crippen LogP contribution in [0.1, 0.15) is 5.56 Å². The Morgan fingerprint density at radius 1 is 0.963 bits per heavy atom. The third kappa shape index (κ3) is 3.54. The van der Waals surface area contributed by atoms with E-state index in [1.807, 2.05) is 59.4 Å². The fraction of sp³-hybridized carbons (Fsp3) is 0.100. The lowest BCUT2D eigenvalue weighted by atomic mass is 10.2. The summed E-state index contributed by atoms with van der Waals surface area (Å²) >= 11 is 0. The van der Waals surface area contributed by atoms with E-state index in [-0.39, 0.29) is 4.90 Å². The second-order valence-electron chi connectivity index (χ2n) is 6.25. The third-order valence-electron chi connectivity index (χ3n) is 4.30. The van der Waals surface area contributed by atoms with E-state index in [2.05, 4.69) is 15.3 Å². The van der Waals surface area contributed by atoms with Crippen LogP contribution in [0.5, 0.6) is 0 Å². The molecule has 0 amide bonds. The molecule has 2 heterocycles. The van der Waals surface area contributed by atoms with Crippen LogP contribution in [0.4, 0.5) is 5.82 Å². The molecule has 1 N–H and O–H groups in total. The van der Waals surface area contributed by atoms with Crippen LogP contribution in [0.2, 0.25) is 0 Å². The van der Waals surface area contributed by atoms with Crippen LogP contribution < -0.4 is 5.32 Å². The Labute approximate surface area is 157 Å². The number of hydrogen-bond acceptors (Lipinski definition) is 5. The fourth-order valence-electron chi connectivity index (χ4n) is 2.95. The molecule has 0 bridgehead atoms. The van der Waals surface area contributed by atoms with Gasteiger partial charge in [0.15, 0.2) is 9.84 Å². The molecular weight excluding hydrogens is 360 g/mol. The van der Waals surface area contributed by atoms with Gasteiger partial charge in [0.05, 0.1) is 11.0 Å². The van der Waals surface area contributed by atoms with Gasteiger partial charge in [-0.1, -0.05) is 24.3 Å². The SMILES string of the molecule is CS(=O)(=O)c1cccnc1NCc1ccc(-n2cnc3ccccc32)cc1. The molecular formula is C20H18N4O2S. The summed E-state index contributed by atoms with van der Waals surface area (Å²) in [6.45, 7) is 0.477. The smallest absolute Gasteiger partial charge is 0.179 e. The molecule has 4 aromatic rings. The van der Waals surface area contributed by atoms with Crippen molar-refractivity contribution in [1.82, 2.24) is 14.5 Å². The van der Waals surface area contributed by atoms with Crippen LogP contribution in [0.15, 0.2) is 78.1 Å². The van der Waals surface area contributed by atoms with Crippen LogP contribution in [0.25, 0.3) is 16.7 Å². The van der Waals surface area contributed by atoms with Gasteiger partial charge in [0.1, 0.15) is 17.0 Å². The number of hydrogen-bond donors (Lipinski definition) is 1. The molecule has 0 fully saturated rings. The summed E-state index contributed by atoms with van der Waals surface area (Å²) in [5.41, 5.74) is 4.04.